The van der Waals surface area contributed by atoms with Crippen molar-refractivity contribution in [3.05, 3.63) is 28.3 Å². The van der Waals surface area contributed by atoms with Crippen LogP contribution < -0.4 is 15.4 Å². The molecule has 1 aromatic carbocycles. The number of para-hydroxylation sites is 1. The van der Waals surface area contributed by atoms with Crippen LogP contribution in [0.5, 0.6) is 5.75 Å². The van der Waals surface area contributed by atoms with Crippen molar-refractivity contribution in [2.45, 2.75) is 13.0 Å². The second-order valence-corrected chi connectivity index (χ2v) is 3.84. The number of anilines is 1. The molecule has 1 aromatic rings. The van der Waals surface area contributed by atoms with E-state index in [9.17, 15) is 10.1 Å². The summed E-state index contributed by atoms with van der Waals surface area (Å²) in [5, 5.41) is 17.3. The minimum Gasteiger partial charge on any atom is -0.487 e. The molecule has 92 valence electrons. The Morgan fingerprint density at radius 2 is 2.35 bits per heavy atom. The van der Waals surface area contributed by atoms with Crippen LogP contribution in [0.15, 0.2) is 18.2 Å². The minimum absolute atomic E-state index is 0.0150. The monoisotopic (exact) mass is 237 g/mol. The fourth-order valence-corrected chi connectivity index (χ4v) is 1.71. The molecule has 17 heavy (non-hydrogen) atoms. The van der Waals surface area contributed by atoms with E-state index in [-0.39, 0.29) is 11.7 Å². The Bertz CT molecular complexity index is 418. The SMILES string of the molecule is CCOc1cccc(NC2CNC2)c1[N+](=O)[O-]. The summed E-state index contributed by atoms with van der Waals surface area (Å²) in [6.07, 6.45) is 0. The first-order valence-corrected chi connectivity index (χ1v) is 5.59. The molecule has 0 saturated carbocycles. The predicted octanol–water partition coefficient (Wildman–Crippen LogP) is 1.38. The van der Waals surface area contributed by atoms with Gasteiger partial charge in [-0.2, -0.15) is 0 Å². The Morgan fingerprint density at radius 1 is 1.59 bits per heavy atom. The van der Waals surface area contributed by atoms with Gasteiger partial charge in [0.2, 0.25) is 0 Å². The van der Waals surface area contributed by atoms with Crippen LogP contribution in [0.4, 0.5) is 11.4 Å². The molecule has 0 bridgehead atoms. The lowest BCUT2D eigenvalue weighted by atomic mass is 10.1. The molecule has 2 rings (SSSR count). The first-order chi connectivity index (χ1) is 8.22. The van der Waals surface area contributed by atoms with Crippen molar-refractivity contribution in [1.29, 1.82) is 0 Å². The van der Waals surface area contributed by atoms with E-state index < -0.39 is 4.92 Å². The van der Waals surface area contributed by atoms with Gasteiger partial charge in [0.15, 0.2) is 5.75 Å². The van der Waals surface area contributed by atoms with Crippen LogP contribution >= 0.6 is 0 Å². The van der Waals surface area contributed by atoms with E-state index in [0.29, 0.717) is 18.0 Å². The Balaban J connectivity index is 2.28. The van der Waals surface area contributed by atoms with Crippen molar-refractivity contribution in [3.8, 4) is 5.75 Å². The maximum Gasteiger partial charge on any atom is 0.333 e. The number of rotatable bonds is 5. The summed E-state index contributed by atoms with van der Waals surface area (Å²) < 4.78 is 5.27. The Kier molecular flexibility index (Phi) is 3.43. The lowest BCUT2D eigenvalue weighted by Gasteiger charge is -2.28. The van der Waals surface area contributed by atoms with Gasteiger partial charge in [-0.1, -0.05) is 6.07 Å². The van der Waals surface area contributed by atoms with Crippen molar-refractivity contribution < 1.29 is 9.66 Å². The van der Waals surface area contributed by atoms with Crippen LogP contribution in [-0.4, -0.2) is 30.7 Å². The Hall–Kier alpha value is -1.82. The number of hydrogen-bond acceptors (Lipinski definition) is 5. The lowest BCUT2D eigenvalue weighted by molar-refractivity contribution is -0.385. The van der Waals surface area contributed by atoms with E-state index >= 15 is 0 Å². The Morgan fingerprint density at radius 3 is 2.88 bits per heavy atom. The number of benzene rings is 1. The van der Waals surface area contributed by atoms with Crippen LogP contribution in [0, 0.1) is 10.1 Å². The zero-order valence-corrected chi connectivity index (χ0v) is 9.60. The molecule has 6 nitrogen and oxygen atoms in total. The van der Waals surface area contributed by atoms with Crippen LogP contribution in [0.1, 0.15) is 6.92 Å². The van der Waals surface area contributed by atoms with E-state index in [4.69, 9.17) is 4.74 Å². The summed E-state index contributed by atoms with van der Waals surface area (Å²) in [5.74, 6) is 0.315. The molecule has 0 unspecified atom stereocenters. The molecule has 2 N–H and O–H groups in total. The number of nitrogens with zero attached hydrogens (tertiary/aromatic N) is 1. The van der Waals surface area contributed by atoms with Gasteiger partial charge < -0.3 is 15.4 Å². The summed E-state index contributed by atoms with van der Waals surface area (Å²) in [7, 11) is 0. The average Bonchev–Trinajstić information content (AvgIpc) is 2.23. The lowest BCUT2D eigenvalue weighted by Crippen LogP contribution is -2.51. The summed E-state index contributed by atoms with van der Waals surface area (Å²) in [6, 6.07) is 5.34. The maximum absolute atomic E-state index is 11.1. The quantitative estimate of drug-likeness (QED) is 0.597. The largest absolute Gasteiger partial charge is 0.487 e. The predicted molar refractivity (Wildman–Crippen MR) is 64.5 cm³/mol. The van der Waals surface area contributed by atoms with E-state index in [1.165, 1.54) is 0 Å². The standard InChI is InChI=1S/C11H15N3O3/c1-2-17-10-5-3-4-9(11(10)14(15)16)13-8-6-12-7-8/h3-5,8,12-13H,2,6-7H2,1H3. The smallest absolute Gasteiger partial charge is 0.333 e. The zero-order valence-electron chi connectivity index (χ0n) is 9.60. The molecule has 0 amide bonds. The number of nitro benzene ring substituents is 1. The van der Waals surface area contributed by atoms with Gasteiger partial charge in [0.05, 0.1) is 17.6 Å². The molecule has 0 spiro atoms. The van der Waals surface area contributed by atoms with Crippen molar-refractivity contribution in [3.63, 3.8) is 0 Å². The number of nitrogens with one attached hydrogen (secondary N) is 2. The second-order valence-electron chi connectivity index (χ2n) is 3.84. The molecule has 1 saturated heterocycles. The van der Waals surface area contributed by atoms with Gasteiger partial charge in [0, 0.05) is 13.1 Å². The first kappa shape index (κ1) is 11.7. The third-order valence-electron chi connectivity index (χ3n) is 2.62. The van der Waals surface area contributed by atoms with Crippen molar-refractivity contribution in [2.24, 2.45) is 0 Å². The Labute approximate surface area is 99.1 Å². The molecule has 0 aliphatic carbocycles. The van der Waals surface area contributed by atoms with Gasteiger partial charge >= 0.3 is 5.69 Å². The highest BCUT2D eigenvalue weighted by Crippen LogP contribution is 2.35. The molecule has 1 aliphatic heterocycles. The fourth-order valence-electron chi connectivity index (χ4n) is 1.71. The highest BCUT2D eigenvalue weighted by molar-refractivity contribution is 5.69. The van der Waals surface area contributed by atoms with E-state index in [0.717, 1.165) is 13.1 Å². The number of ether oxygens (including phenoxy) is 1. The summed E-state index contributed by atoms with van der Waals surface area (Å²) >= 11 is 0. The van der Waals surface area contributed by atoms with Crippen LogP contribution in [-0.2, 0) is 0 Å². The van der Waals surface area contributed by atoms with E-state index in [1.807, 2.05) is 0 Å². The summed E-state index contributed by atoms with van der Waals surface area (Å²) in [6.45, 7) is 3.88. The van der Waals surface area contributed by atoms with Gasteiger partial charge in [-0.05, 0) is 19.1 Å². The topological polar surface area (TPSA) is 76.4 Å². The zero-order chi connectivity index (χ0) is 12.3. The molecular weight excluding hydrogens is 222 g/mol. The molecule has 0 radical (unpaired) electrons. The molecule has 0 atom stereocenters. The first-order valence-electron chi connectivity index (χ1n) is 5.59. The van der Waals surface area contributed by atoms with Crippen LogP contribution in [0.2, 0.25) is 0 Å². The molecule has 6 heteroatoms. The molecule has 1 aliphatic rings. The molecule has 0 aromatic heterocycles. The van der Waals surface area contributed by atoms with Gasteiger partial charge in [0.1, 0.15) is 5.69 Å². The summed E-state index contributed by atoms with van der Waals surface area (Å²) in [4.78, 5) is 10.7. The van der Waals surface area contributed by atoms with E-state index in [1.54, 1.807) is 25.1 Å². The van der Waals surface area contributed by atoms with Crippen LogP contribution in [0.3, 0.4) is 0 Å². The van der Waals surface area contributed by atoms with Gasteiger partial charge in [0.25, 0.3) is 0 Å². The van der Waals surface area contributed by atoms with Crippen molar-refractivity contribution in [1.82, 2.24) is 5.32 Å². The summed E-state index contributed by atoms with van der Waals surface area (Å²) in [5.41, 5.74) is 0.536. The van der Waals surface area contributed by atoms with Crippen molar-refractivity contribution >= 4 is 11.4 Å². The molecule has 1 fully saturated rings. The average molecular weight is 237 g/mol. The normalized spacial score (nSPS) is 15.1. The highest BCUT2D eigenvalue weighted by Gasteiger charge is 2.24. The van der Waals surface area contributed by atoms with Crippen LogP contribution in [0.25, 0.3) is 0 Å². The minimum atomic E-state index is -0.403. The molecular formula is C11H15N3O3. The third-order valence-corrected chi connectivity index (χ3v) is 2.62. The van der Waals surface area contributed by atoms with Crippen molar-refractivity contribution in [2.75, 3.05) is 25.0 Å². The number of hydrogen-bond donors (Lipinski definition) is 2. The highest BCUT2D eigenvalue weighted by atomic mass is 16.6. The van der Waals surface area contributed by atoms with Gasteiger partial charge in [-0.25, -0.2) is 0 Å². The maximum atomic E-state index is 11.1. The van der Waals surface area contributed by atoms with Gasteiger partial charge in [-0.15, -0.1) is 0 Å². The molecule has 1 heterocycles. The number of nitro groups is 1. The van der Waals surface area contributed by atoms with Gasteiger partial charge in [-0.3, -0.25) is 10.1 Å². The van der Waals surface area contributed by atoms with E-state index in [2.05, 4.69) is 10.6 Å². The fraction of sp³-hybridized carbons (Fsp3) is 0.455. The second kappa shape index (κ2) is 5.01. The third kappa shape index (κ3) is 2.47.